The van der Waals surface area contributed by atoms with Gasteiger partial charge < -0.3 is 61.3 Å². The maximum Gasteiger partial charge on any atom is 0.317 e. The Morgan fingerprint density at radius 3 is 0.291 bits per heavy atom. The minimum absolute atomic E-state index is 0. The molecule has 308 valence electrons. The van der Waals surface area contributed by atoms with Gasteiger partial charge in [0.2, 0.25) is 0 Å². The molecule has 0 aliphatic rings. The molecule has 0 spiro atoms. The van der Waals surface area contributed by atoms with E-state index in [0.29, 0.717) is 0 Å². The summed E-state index contributed by atoms with van der Waals surface area (Å²) in [6, 6.07) is 0. The van der Waals surface area contributed by atoms with Gasteiger partial charge in [-0.25, -0.2) is 0 Å². The van der Waals surface area contributed by atoms with Gasteiger partial charge in [-0.1, -0.05) is 0 Å². The average molecular weight is 1040 g/mol. The van der Waals surface area contributed by atoms with E-state index in [4.69, 9.17) is 61.3 Å². The van der Waals surface area contributed by atoms with Crippen molar-refractivity contribution in [2.45, 2.75) is 0 Å². The molecular formula is C24H36N4O24Zr3. The fraction of sp³-hybridized carbons (Fsp3) is 0.500. The van der Waals surface area contributed by atoms with Crippen molar-refractivity contribution in [1.82, 2.24) is 19.6 Å². The maximum atomic E-state index is 10.1. The minimum atomic E-state index is -1.26. The molecule has 0 heterocycles. The predicted octanol–water partition coefficient (Wildman–Crippen LogP) is -5.84. The Morgan fingerprint density at radius 1 is 0.200 bits per heavy atom. The molecule has 0 unspecified atom stereocenters. The van der Waals surface area contributed by atoms with Gasteiger partial charge in [-0.2, -0.15) is 0 Å². The van der Waals surface area contributed by atoms with Crippen molar-refractivity contribution >= 4 is 71.6 Å². The van der Waals surface area contributed by atoms with E-state index in [1.165, 1.54) is 0 Å². The molecule has 0 amide bonds. The van der Waals surface area contributed by atoms with Gasteiger partial charge in [-0.15, -0.1) is 0 Å². The van der Waals surface area contributed by atoms with E-state index in [-0.39, 0.29) is 78.6 Å². The molecule has 0 aliphatic heterocycles. The van der Waals surface area contributed by atoms with Crippen LogP contribution >= 0.6 is 0 Å². The summed E-state index contributed by atoms with van der Waals surface area (Å²) in [5.74, 6) is -15.1. The summed E-state index contributed by atoms with van der Waals surface area (Å²) in [5.41, 5.74) is 0. The van der Waals surface area contributed by atoms with Crippen molar-refractivity contribution in [2.75, 3.05) is 78.5 Å². The zero-order chi connectivity index (χ0) is 41.7. The molecule has 0 saturated heterocycles. The SMILES string of the molecule is O=C(O)CN(CC(=O)O)CC(=O)O.O=C(O)CN(CC(=O)O)CC(=O)O.O=C(O)CN(CC(=O)O)CC(=O)O.O=C(O)CN(CC(=O)O)CC(=O)O.[Zr].[Zr].[Zr]. The van der Waals surface area contributed by atoms with Gasteiger partial charge in [0.15, 0.2) is 0 Å². The van der Waals surface area contributed by atoms with Crippen molar-refractivity contribution in [3.8, 4) is 0 Å². The normalized spacial score (nSPS) is 9.38. The van der Waals surface area contributed by atoms with Crippen molar-refractivity contribution in [2.24, 2.45) is 0 Å². The number of hydrogen-bond donors (Lipinski definition) is 12. The Kier molecular flexibility index (Phi) is 46.1. The van der Waals surface area contributed by atoms with E-state index in [9.17, 15) is 57.5 Å². The number of carboxylic acids is 12. The molecular weight excluding hydrogens is 1000 g/mol. The van der Waals surface area contributed by atoms with E-state index < -0.39 is 150 Å². The Balaban J connectivity index is -0.000000110. The molecule has 0 rings (SSSR count). The molecule has 0 aromatic heterocycles. The molecule has 12 N–H and O–H groups in total. The number of aliphatic carboxylic acids is 12. The Bertz CT molecular complexity index is 957. The van der Waals surface area contributed by atoms with Crippen LogP contribution in [0.4, 0.5) is 0 Å². The van der Waals surface area contributed by atoms with Crippen LogP contribution in [0.25, 0.3) is 0 Å². The van der Waals surface area contributed by atoms with Crippen molar-refractivity contribution in [3.63, 3.8) is 0 Å². The Hall–Kier alpha value is -3.87. The van der Waals surface area contributed by atoms with Crippen LogP contribution in [0.1, 0.15) is 0 Å². The average Bonchev–Trinajstić information content (AvgIpc) is 2.85. The largest absolute Gasteiger partial charge is 0.480 e. The summed E-state index contributed by atoms with van der Waals surface area (Å²) in [6.45, 7) is -7.18. The molecule has 0 bridgehead atoms. The maximum absolute atomic E-state index is 10.1. The van der Waals surface area contributed by atoms with E-state index >= 15 is 0 Å². The van der Waals surface area contributed by atoms with Crippen LogP contribution < -0.4 is 0 Å². The van der Waals surface area contributed by atoms with Crippen LogP contribution in [0.5, 0.6) is 0 Å². The summed E-state index contributed by atoms with van der Waals surface area (Å²) in [6.07, 6.45) is 0. The first kappa shape index (κ1) is 66.0. The van der Waals surface area contributed by atoms with E-state index in [0.717, 1.165) is 19.6 Å². The third-order valence-electron chi connectivity index (χ3n) is 4.31. The van der Waals surface area contributed by atoms with Gasteiger partial charge in [-0.05, 0) is 0 Å². The number of rotatable bonds is 24. The van der Waals surface area contributed by atoms with Gasteiger partial charge in [0.05, 0.1) is 78.5 Å². The number of carboxylic acid groups (broad SMARTS) is 12. The fourth-order valence-electron chi connectivity index (χ4n) is 2.97. The van der Waals surface area contributed by atoms with E-state index in [1.54, 1.807) is 0 Å². The van der Waals surface area contributed by atoms with Crippen LogP contribution in [0.2, 0.25) is 0 Å². The van der Waals surface area contributed by atoms with Gasteiger partial charge in [0.1, 0.15) is 0 Å². The molecule has 0 aromatic rings. The second-order valence-corrected chi connectivity index (χ2v) is 9.31. The van der Waals surface area contributed by atoms with Crippen LogP contribution in [0.15, 0.2) is 0 Å². The van der Waals surface area contributed by atoms with Crippen molar-refractivity contribution in [3.05, 3.63) is 0 Å². The standard InChI is InChI=1S/4C6H9NO6.3Zr/c4*8-4(9)1-7(2-5(10)11)3-6(12)13;;;/h4*1-3H2,(H,8,9)(H,10,11)(H,12,13);;;. The molecule has 55 heavy (non-hydrogen) atoms. The zero-order valence-corrected chi connectivity index (χ0v) is 35.4. The molecule has 0 saturated carbocycles. The Morgan fingerprint density at radius 2 is 0.255 bits per heavy atom. The molecule has 0 aliphatic carbocycles. The van der Waals surface area contributed by atoms with Crippen LogP contribution in [0.3, 0.4) is 0 Å². The summed E-state index contributed by atoms with van der Waals surface area (Å²) in [7, 11) is 0. The quantitative estimate of drug-likeness (QED) is 0.0428. The Labute approximate surface area is 364 Å². The summed E-state index contributed by atoms with van der Waals surface area (Å²) >= 11 is 0. The third-order valence-corrected chi connectivity index (χ3v) is 4.31. The second-order valence-electron chi connectivity index (χ2n) is 9.31. The number of nitrogens with zero attached hydrogens (tertiary/aromatic N) is 4. The van der Waals surface area contributed by atoms with Crippen LogP contribution in [-0.2, 0) is 136 Å². The first-order valence-corrected chi connectivity index (χ1v) is 13.2. The molecule has 0 radical (unpaired) electrons. The minimum Gasteiger partial charge on any atom is -0.480 e. The topological polar surface area (TPSA) is 461 Å². The fourth-order valence-corrected chi connectivity index (χ4v) is 2.97. The van der Waals surface area contributed by atoms with Crippen LogP contribution in [0, 0.1) is 0 Å². The predicted molar refractivity (Wildman–Crippen MR) is 157 cm³/mol. The number of carbonyl (C=O) groups is 12. The summed E-state index contributed by atoms with van der Waals surface area (Å²) in [4.78, 5) is 125. The second kappa shape index (κ2) is 38.4. The van der Waals surface area contributed by atoms with Gasteiger partial charge in [-0.3, -0.25) is 77.1 Å². The molecule has 0 fully saturated rings. The number of hydrogen-bond acceptors (Lipinski definition) is 16. The monoisotopic (exact) mass is 1030 g/mol. The zero-order valence-electron chi connectivity index (χ0n) is 28.0. The molecule has 28 nitrogen and oxygen atoms in total. The van der Waals surface area contributed by atoms with Gasteiger partial charge >= 0.3 is 71.6 Å². The van der Waals surface area contributed by atoms with Crippen molar-refractivity contribution < 1.29 is 197 Å². The van der Waals surface area contributed by atoms with E-state index in [1.807, 2.05) is 0 Å². The van der Waals surface area contributed by atoms with Gasteiger partial charge in [0.25, 0.3) is 0 Å². The molecule has 31 heteroatoms. The third kappa shape index (κ3) is 59.6. The molecule has 0 atom stereocenters. The first-order chi connectivity index (χ1) is 23.7. The first-order valence-electron chi connectivity index (χ1n) is 13.2. The van der Waals surface area contributed by atoms with E-state index in [2.05, 4.69) is 0 Å². The summed E-state index contributed by atoms with van der Waals surface area (Å²) < 4.78 is 0. The smallest absolute Gasteiger partial charge is 0.317 e. The van der Waals surface area contributed by atoms with Gasteiger partial charge in [0, 0.05) is 78.6 Å². The molecule has 0 aromatic carbocycles. The van der Waals surface area contributed by atoms with Crippen LogP contribution in [-0.4, -0.2) is 231 Å². The van der Waals surface area contributed by atoms with Crippen molar-refractivity contribution in [1.29, 1.82) is 0 Å². The summed E-state index contributed by atoms with van der Waals surface area (Å²) in [5, 5.41) is 99.4.